The van der Waals surface area contributed by atoms with E-state index >= 15 is 0 Å². The standard InChI is InChI=1S/C20H23N3O3/c24-19(17-7-12-26-14-17)22-10-5-16(6-11-22)20(25)23(18-1-2-18)13-15-3-8-21-9-4-15/h3-4,7-9,12,14,16,18H,1-2,5-6,10-11,13H2. The van der Waals surface area contributed by atoms with Gasteiger partial charge < -0.3 is 14.2 Å². The smallest absolute Gasteiger partial charge is 0.257 e. The lowest BCUT2D eigenvalue weighted by Gasteiger charge is -2.34. The molecule has 2 aliphatic rings. The van der Waals surface area contributed by atoms with Crippen molar-refractivity contribution in [2.45, 2.75) is 38.3 Å². The highest BCUT2D eigenvalue weighted by Crippen LogP contribution is 2.32. The third kappa shape index (κ3) is 3.64. The summed E-state index contributed by atoms with van der Waals surface area (Å²) in [6.07, 6.45) is 10.2. The molecule has 2 amide bonds. The van der Waals surface area contributed by atoms with Crippen molar-refractivity contribution in [3.63, 3.8) is 0 Å². The summed E-state index contributed by atoms with van der Waals surface area (Å²) in [6, 6.07) is 5.99. The van der Waals surface area contributed by atoms with Crippen LogP contribution in [0.15, 0.2) is 47.5 Å². The van der Waals surface area contributed by atoms with Crippen LogP contribution in [0.2, 0.25) is 0 Å². The monoisotopic (exact) mass is 353 g/mol. The third-order valence-corrected chi connectivity index (χ3v) is 5.27. The van der Waals surface area contributed by atoms with Gasteiger partial charge in [-0.15, -0.1) is 0 Å². The first-order valence-electron chi connectivity index (χ1n) is 9.23. The molecule has 0 radical (unpaired) electrons. The van der Waals surface area contributed by atoms with Crippen LogP contribution >= 0.6 is 0 Å². The van der Waals surface area contributed by atoms with Gasteiger partial charge in [-0.2, -0.15) is 0 Å². The summed E-state index contributed by atoms with van der Waals surface area (Å²) in [7, 11) is 0. The molecule has 0 N–H and O–H groups in total. The minimum atomic E-state index is -0.0134. The Morgan fingerprint density at radius 1 is 1.12 bits per heavy atom. The Morgan fingerprint density at radius 3 is 2.46 bits per heavy atom. The number of nitrogens with zero attached hydrogens (tertiary/aromatic N) is 3. The summed E-state index contributed by atoms with van der Waals surface area (Å²) in [4.78, 5) is 33.4. The first-order valence-corrected chi connectivity index (χ1v) is 9.23. The predicted octanol–water partition coefficient (Wildman–Crippen LogP) is 2.72. The Kier molecular flexibility index (Phi) is 4.73. The number of pyridine rings is 1. The summed E-state index contributed by atoms with van der Waals surface area (Å²) in [5.74, 6) is 0.228. The van der Waals surface area contributed by atoms with Gasteiger partial charge in [0.15, 0.2) is 0 Å². The maximum Gasteiger partial charge on any atom is 0.257 e. The Bertz CT molecular complexity index is 748. The van der Waals surface area contributed by atoms with Crippen molar-refractivity contribution >= 4 is 11.8 Å². The second-order valence-corrected chi connectivity index (χ2v) is 7.13. The first kappa shape index (κ1) is 16.8. The van der Waals surface area contributed by atoms with Crippen molar-refractivity contribution in [3.8, 4) is 0 Å². The number of amides is 2. The van der Waals surface area contributed by atoms with Crippen LogP contribution in [0.1, 0.15) is 41.6 Å². The third-order valence-electron chi connectivity index (χ3n) is 5.27. The van der Waals surface area contributed by atoms with Crippen LogP contribution < -0.4 is 0 Å². The van der Waals surface area contributed by atoms with Gasteiger partial charge >= 0.3 is 0 Å². The van der Waals surface area contributed by atoms with E-state index in [1.807, 2.05) is 21.9 Å². The fraction of sp³-hybridized carbons (Fsp3) is 0.450. The van der Waals surface area contributed by atoms with Crippen molar-refractivity contribution in [3.05, 3.63) is 54.2 Å². The minimum Gasteiger partial charge on any atom is -0.472 e. The van der Waals surface area contributed by atoms with E-state index in [2.05, 4.69) is 4.98 Å². The van der Waals surface area contributed by atoms with Crippen molar-refractivity contribution in [1.29, 1.82) is 0 Å². The highest BCUT2D eigenvalue weighted by atomic mass is 16.3. The molecule has 0 atom stereocenters. The van der Waals surface area contributed by atoms with Gasteiger partial charge in [-0.05, 0) is 49.4 Å². The van der Waals surface area contributed by atoms with Gasteiger partial charge in [-0.1, -0.05) is 0 Å². The van der Waals surface area contributed by atoms with Crippen LogP contribution in [0.3, 0.4) is 0 Å². The van der Waals surface area contributed by atoms with Crippen LogP contribution in [0.4, 0.5) is 0 Å². The lowest BCUT2D eigenvalue weighted by atomic mass is 9.94. The number of carbonyl (C=O) groups is 2. The van der Waals surface area contributed by atoms with E-state index < -0.39 is 0 Å². The average molecular weight is 353 g/mol. The van der Waals surface area contributed by atoms with Crippen LogP contribution in [0, 0.1) is 5.92 Å². The Balaban J connectivity index is 1.36. The zero-order chi connectivity index (χ0) is 17.9. The normalized spacial score (nSPS) is 17.9. The molecule has 1 saturated carbocycles. The summed E-state index contributed by atoms with van der Waals surface area (Å²) < 4.78 is 4.99. The highest BCUT2D eigenvalue weighted by molar-refractivity contribution is 5.94. The predicted molar refractivity (Wildman–Crippen MR) is 95.1 cm³/mol. The number of hydrogen-bond acceptors (Lipinski definition) is 4. The van der Waals surface area contributed by atoms with Crippen molar-refractivity contribution in [2.75, 3.05) is 13.1 Å². The number of carbonyl (C=O) groups excluding carboxylic acids is 2. The molecule has 1 aliphatic heterocycles. The molecule has 0 spiro atoms. The molecule has 4 rings (SSSR count). The van der Waals surface area contributed by atoms with Gasteiger partial charge in [-0.25, -0.2) is 0 Å². The van der Waals surface area contributed by atoms with Crippen molar-refractivity contribution in [1.82, 2.24) is 14.8 Å². The van der Waals surface area contributed by atoms with E-state index in [-0.39, 0.29) is 17.7 Å². The molecule has 2 aromatic heterocycles. The van der Waals surface area contributed by atoms with Crippen LogP contribution in [-0.4, -0.2) is 45.7 Å². The summed E-state index contributed by atoms with van der Waals surface area (Å²) >= 11 is 0. The lowest BCUT2D eigenvalue weighted by Crippen LogP contribution is -2.44. The summed E-state index contributed by atoms with van der Waals surface area (Å²) in [6.45, 7) is 1.89. The lowest BCUT2D eigenvalue weighted by molar-refractivity contribution is -0.138. The topological polar surface area (TPSA) is 66.7 Å². The quantitative estimate of drug-likeness (QED) is 0.829. The molecular formula is C20H23N3O3. The molecule has 1 saturated heterocycles. The van der Waals surface area contributed by atoms with Gasteiger partial charge in [0, 0.05) is 44.0 Å². The number of rotatable bonds is 5. The molecule has 3 heterocycles. The summed E-state index contributed by atoms with van der Waals surface area (Å²) in [5.41, 5.74) is 1.69. The van der Waals surface area contributed by atoms with Gasteiger partial charge in [0.25, 0.3) is 5.91 Å². The van der Waals surface area contributed by atoms with Crippen LogP contribution in [-0.2, 0) is 11.3 Å². The van der Waals surface area contributed by atoms with E-state index in [4.69, 9.17) is 4.42 Å². The van der Waals surface area contributed by atoms with E-state index in [9.17, 15) is 9.59 Å². The van der Waals surface area contributed by atoms with E-state index in [0.29, 0.717) is 31.2 Å². The summed E-state index contributed by atoms with van der Waals surface area (Å²) in [5, 5.41) is 0. The molecule has 2 fully saturated rings. The molecule has 26 heavy (non-hydrogen) atoms. The average Bonchev–Trinajstić information content (AvgIpc) is 3.39. The molecule has 6 heteroatoms. The van der Waals surface area contributed by atoms with E-state index in [1.165, 1.54) is 12.5 Å². The first-order chi connectivity index (χ1) is 12.7. The second-order valence-electron chi connectivity index (χ2n) is 7.13. The molecule has 2 aromatic rings. The minimum absolute atomic E-state index is 0.00540. The van der Waals surface area contributed by atoms with Gasteiger partial charge in [0.2, 0.25) is 5.91 Å². The molecule has 0 aromatic carbocycles. The van der Waals surface area contributed by atoms with Crippen molar-refractivity contribution < 1.29 is 14.0 Å². The molecular weight excluding hydrogens is 330 g/mol. The molecule has 0 unspecified atom stereocenters. The van der Waals surface area contributed by atoms with E-state index in [1.54, 1.807) is 18.5 Å². The zero-order valence-corrected chi connectivity index (χ0v) is 14.7. The number of hydrogen-bond donors (Lipinski definition) is 0. The molecule has 136 valence electrons. The fourth-order valence-electron chi connectivity index (χ4n) is 3.59. The molecule has 0 bridgehead atoms. The highest BCUT2D eigenvalue weighted by Gasteiger charge is 2.37. The second kappa shape index (κ2) is 7.32. The number of piperidine rings is 1. The van der Waals surface area contributed by atoms with Gasteiger partial charge in [0.1, 0.15) is 6.26 Å². The van der Waals surface area contributed by atoms with Gasteiger partial charge in [0.05, 0.1) is 11.8 Å². The molecule has 1 aliphatic carbocycles. The van der Waals surface area contributed by atoms with Gasteiger partial charge in [-0.3, -0.25) is 14.6 Å². The van der Waals surface area contributed by atoms with Crippen LogP contribution in [0.5, 0.6) is 0 Å². The number of furan rings is 1. The largest absolute Gasteiger partial charge is 0.472 e. The Morgan fingerprint density at radius 2 is 1.85 bits per heavy atom. The zero-order valence-electron chi connectivity index (χ0n) is 14.7. The number of likely N-dealkylation sites (tertiary alicyclic amines) is 1. The van der Waals surface area contributed by atoms with Crippen LogP contribution in [0.25, 0.3) is 0 Å². The Hall–Kier alpha value is -2.63. The number of aromatic nitrogens is 1. The molecule has 6 nitrogen and oxygen atoms in total. The SMILES string of the molecule is O=C(c1ccoc1)N1CCC(C(=O)N(Cc2ccncc2)C2CC2)CC1. The van der Waals surface area contributed by atoms with E-state index in [0.717, 1.165) is 31.2 Å². The van der Waals surface area contributed by atoms with Crippen molar-refractivity contribution in [2.24, 2.45) is 5.92 Å². The maximum atomic E-state index is 13.1. The Labute approximate surface area is 152 Å². The fourth-order valence-corrected chi connectivity index (χ4v) is 3.59. The maximum absolute atomic E-state index is 13.1.